The van der Waals surface area contributed by atoms with Gasteiger partial charge < -0.3 is 9.73 Å². The van der Waals surface area contributed by atoms with E-state index in [4.69, 9.17) is 27.6 Å². The van der Waals surface area contributed by atoms with Gasteiger partial charge in [0.15, 0.2) is 0 Å². The van der Waals surface area contributed by atoms with Gasteiger partial charge in [0, 0.05) is 11.6 Å². The van der Waals surface area contributed by atoms with E-state index < -0.39 is 15.9 Å². The first-order chi connectivity index (χ1) is 13.9. The lowest BCUT2D eigenvalue weighted by molar-refractivity contribution is -0.121. The molecule has 3 aromatic rings. The molecule has 29 heavy (non-hydrogen) atoms. The van der Waals surface area contributed by atoms with Crippen molar-refractivity contribution in [1.82, 2.24) is 9.62 Å². The highest BCUT2D eigenvalue weighted by atomic mass is 35.5. The average Bonchev–Trinajstić information content (AvgIpc) is 3.22. The summed E-state index contributed by atoms with van der Waals surface area (Å²) in [6, 6.07) is 16.6. The van der Waals surface area contributed by atoms with Gasteiger partial charge in [-0.3, -0.25) is 4.79 Å². The van der Waals surface area contributed by atoms with Crippen molar-refractivity contribution in [2.75, 3.05) is 6.54 Å². The number of furan rings is 1. The first kappa shape index (κ1) is 21.4. The second-order valence-electron chi connectivity index (χ2n) is 6.19. The topological polar surface area (TPSA) is 79.6 Å². The van der Waals surface area contributed by atoms with Crippen LogP contribution in [-0.4, -0.2) is 25.2 Å². The third-order valence-electron chi connectivity index (χ3n) is 4.07. The molecule has 2 aromatic carbocycles. The summed E-state index contributed by atoms with van der Waals surface area (Å²) in [5, 5.41) is 2.92. The molecule has 0 aliphatic rings. The van der Waals surface area contributed by atoms with E-state index in [9.17, 15) is 13.2 Å². The summed E-state index contributed by atoms with van der Waals surface area (Å²) < 4.78 is 32.8. The van der Waals surface area contributed by atoms with Crippen LogP contribution in [0.25, 0.3) is 0 Å². The Kier molecular flexibility index (Phi) is 6.97. The number of benzene rings is 2. The molecular weight excluding hydrogens is 435 g/mol. The minimum absolute atomic E-state index is 0.000186. The first-order valence-corrected chi connectivity index (χ1v) is 10.8. The molecule has 1 heterocycles. The van der Waals surface area contributed by atoms with Crippen LogP contribution in [0, 0.1) is 0 Å². The van der Waals surface area contributed by atoms with Crippen molar-refractivity contribution in [1.29, 1.82) is 0 Å². The predicted molar refractivity (Wildman–Crippen MR) is 111 cm³/mol. The van der Waals surface area contributed by atoms with Crippen LogP contribution in [0.4, 0.5) is 0 Å². The highest BCUT2D eigenvalue weighted by Gasteiger charge is 2.29. The number of amides is 1. The van der Waals surface area contributed by atoms with E-state index >= 15 is 0 Å². The molecule has 0 bridgehead atoms. The average molecular weight is 453 g/mol. The summed E-state index contributed by atoms with van der Waals surface area (Å²) in [6.45, 7) is -0.232. The van der Waals surface area contributed by atoms with Gasteiger partial charge >= 0.3 is 0 Å². The number of nitrogens with one attached hydrogen (secondary N) is 1. The Morgan fingerprint density at radius 1 is 1.03 bits per heavy atom. The minimum atomic E-state index is -4.09. The molecule has 0 fully saturated rings. The quantitative estimate of drug-likeness (QED) is 0.557. The summed E-state index contributed by atoms with van der Waals surface area (Å²) >= 11 is 12.1. The molecule has 9 heteroatoms. The monoisotopic (exact) mass is 452 g/mol. The van der Waals surface area contributed by atoms with Gasteiger partial charge in [-0.1, -0.05) is 53.5 Å². The van der Waals surface area contributed by atoms with Crippen LogP contribution in [-0.2, 0) is 27.9 Å². The van der Waals surface area contributed by atoms with Crippen molar-refractivity contribution in [3.8, 4) is 0 Å². The molecule has 1 aromatic heterocycles. The largest absolute Gasteiger partial charge is 0.467 e. The molecular formula is C20H18Cl2N2O4S. The van der Waals surface area contributed by atoms with Crippen molar-refractivity contribution in [3.63, 3.8) is 0 Å². The van der Waals surface area contributed by atoms with Gasteiger partial charge in [-0.05, 0) is 35.9 Å². The Hall–Kier alpha value is -2.32. The third kappa shape index (κ3) is 5.61. The predicted octanol–water partition coefficient (Wildman–Crippen LogP) is 4.09. The van der Waals surface area contributed by atoms with Crippen LogP contribution in [0.15, 0.2) is 76.2 Å². The van der Waals surface area contributed by atoms with Crippen LogP contribution in [0.3, 0.4) is 0 Å². The van der Waals surface area contributed by atoms with Crippen LogP contribution in [0.5, 0.6) is 0 Å². The second-order valence-corrected chi connectivity index (χ2v) is 8.94. The summed E-state index contributed by atoms with van der Waals surface area (Å²) in [5.74, 6) is 0.0905. The molecule has 1 N–H and O–H groups in total. The molecule has 0 unspecified atom stereocenters. The van der Waals surface area contributed by atoms with Crippen LogP contribution in [0.1, 0.15) is 11.3 Å². The zero-order valence-electron chi connectivity index (χ0n) is 15.2. The molecule has 0 spiro atoms. The van der Waals surface area contributed by atoms with Gasteiger partial charge in [-0.15, -0.1) is 0 Å². The molecule has 152 valence electrons. The van der Waals surface area contributed by atoms with E-state index in [2.05, 4.69) is 5.32 Å². The van der Waals surface area contributed by atoms with E-state index in [0.29, 0.717) is 5.76 Å². The lowest BCUT2D eigenvalue weighted by Gasteiger charge is -2.22. The lowest BCUT2D eigenvalue weighted by Crippen LogP contribution is -2.40. The molecule has 3 rings (SSSR count). The SMILES string of the molecule is O=C(CN(Cc1ccccc1)S(=O)(=O)c1cc(Cl)ccc1Cl)NCc1ccco1. The van der Waals surface area contributed by atoms with Crippen molar-refractivity contribution < 1.29 is 17.6 Å². The summed E-state index contributed by atoms with van der Waals surface area (Å²) in [7, 11) is -4.09. The lowest BCUT2D eigenvalue weighted by atomic mass is 10.2. The zero-order valence-corrected chi connectivity index (χ0v) is 17.5. The highest BCUT2D eigenvalue weighted by molar-refractivity contribution is 7.89. The normalized spacial score (nSPS) is 11.6. The Labute approximate surface area is 179 Å². The second kappa shape index (κ2) is 9.45. The van der Waals surface area contributed by atoms with E-state index in [1.165, 1.54) is 24.5 Å². The fourth-order valence-electron chi connectivity index (χ4n) is 2.64. The van der Waals surface area contributed by atoms with Gasteiger partial charge in [0.1, 0.15) is 10.7 Å². The molecule has 0 aliphatic heterocycles. The molecule has 0 radical (unpaired) electrons. The molecule has 0 saturated heterocycles. The zero-order chi connectivity index (χ0) is 20.9. The molecule has 6 nitrogen and oxygen atoms in total. The number of sulfonamides is 1. The number of halogens is 2. The fourth-order valence-corrected chi connectivity index (χ4v) is 4.76. The van der Waals surface area contributed by atoms with Gasteiger partial charge in [0.05, 0.1) is 24.4 Å². The fraction of sp³-hybridized carbons (Fsp3) is 0.150. The number of rotatable bonds is 8. The molecule has 0 aliphatic carbocycles. The maximum atomic E-state index is 13.3. The van der Waals surface area contributed by atoms with Crippen molar-refractivity contribution in [2.24, 2.45) is 0 Å². The van der Waals surface area contributed by atoms with Crippen LogP contribution < -0.4 is 5.32 Å². The molecule has 0 saturated carbocycles. The maximum Gasteiger partial charge on any atom is 0.245 e. The summed E-state index contributed by atoms with van der Waals surface area (Å²) in [5.41, 5.74) is 0.730. The van der Waals surface area contributed by atoms with Gasteiger partial charge in [-0.2, -0.15) is 4.31 Å². The van der Waals surface area contributed by atoms with E-state index in [1.54, 1.807) is 36.4 Å². The standard InChI is InChI=1S/C20H18Cl2N2O4S/c21-16-8-9-18(22)19(11-16)29(26,27)24(13-15-5-2-1-3-6-15)14-20(25)23-12-17-7-4-10-28-17/h1-11H,12-14H2,(H,23,25). The van der Waals surface area contributed by atoms with E-state index in [1.807, 2.05) is 6.07 Å². The number of hydrogen-bond donors (Lipinski definition) is 1. The van der Waals surface area contributed by atoms with Gasteiger partial charge in [0.25, 0.3) is 0 Å². The Morgan fingerprint density at radius 2 is 1.79 bits per heavy atom. The number of nitrogens with zero attached hydrogens (tertiary/aromatic N) is 1. The highest BCUT2D eigenvalue weighted by Crippen LogP contribution is 2.28. The number of carbonyl (C=O) groups excluding carboxylic acids is 1. The Morgan fingerprint density at radius 3 is 2.48 bits per heavy atom. The molecule has 0 atom stereocenters. The maximum absolute atomic E-state index is 13.3. The van der Waals surface area contributed by atoms with Crippen molar-refractivity contribution >= 4 is 39.1 Å². The number of carbonyl (C=O) groups is 1. The third-order valence-corrected chi connectivity index (χ3v) is 6.58. The smallest absolute Gasteiger partial charge is 0.245 e. The minimum Gasteiger partial charge on any atom is -0.467 e. The Bertz CT molecular complexity index is 1070. The van der Waals surface area contributed by atoms with Gasteiger partial charge in [-0.25, -0.2) is 8.42 Å². The number of hydrogen-bond acceptors (Lipinski definition) is 4. The summed E-state index contributed by atoms with van der Waals surface area (Å²) in [6.07, 6.45) is 1.49. The van der Waals surface area contributed by atoms with E-state index in [-0.39, 0.29) is 34.6 Å². The van der Waals surface area contributed by atoms with Crippen LogP contribution in [0.2, 0.25) is 10.0 Å². The van der Waals surface area contributed by atoms with Crippen molar-refractivity contribution in [2.45, 2.75) is 18.0 Å². The van der Waals surface area contributed by atoms with E-state index in [0.717, 1.165) is 9.87 Å². The van der Waals surface area contributed by atoms with Gasteiger partial charge in [0.2, 0.25) is 15.9 Å². The first-order valence-electron chi connectivity index (χ1n) is 8.64. The summed E-state index contributed by atoms with van der Waals surface area (Å²) in [4.78, 5) is 12.3. The Balaban J connectivity index is 1.85. The van der Waals surface area contributed by atoms with Crippen LogP contribution >= 0.6 is 23.2 Å². The van der Waals surface area contributed by atoms with Crippen molar-refractivity contribution in [3.05, 3.63) is 88.3 Å². The molecule has 1 amide bonds.